The second-order valence-corrected chi connectivity index (χ2v) is 4.63. The van der Waals surface area contributed by atoms with Crippen LogP contribution in [0.4, 0.5) is 0 Å². The Morgan fingerprint density at radius 3 is 2.93 bits per heavy atom. The first kappa shape index (κ1) is 12.5. The Morgan fingerprint density at radius 1 is 1.53 bits per heavy atom. The van der Waals surface area contributed by atoms with Crippen LogP contribution in [-0.4, -0.2) is 31.5 Å². The topological polar surface area (TPSA) is 38.3 Å². The molecule has 0 aliphatic rings. The Kier molecular flexibility index (Phi) is 5.68. The van der Waals surface area contributed by atoms with E-state index < -0.39 is 0 Å². The van der Waals surface area contributed by atoms with Gasteiger partial charge in [0.1, 0.15) is 0 Å². The molecule has 0 unspecified atom stereocenters. The fourth-order valence-corrected chi connectivity index (χ4v) is 1.93. The number of alkyl halides is 1. The molecule has 0 saturated carbocycles. The maximum Gasteiger partial charge on any atom is 0.261 e. The van der Waals surface area contributed by atoms with E-state index in [0.29, 0.717) is 25.6 Å². The summed E-state index contributed by atoms with van der Waals surface area (Å²) in [5.41, 5.74) is 0. The fourth-order valence-electron chi connectivity index (χ4n) is 1.04. The molecule has 1 aromatic rings. The number of carbonyl (C=O) groups is 1. The lowest BCUT2D eigenvalue weighted by Gasteiger charge is -2.03. The van der Waals surface area contributed by atoms with E-state index in [9.17, 15) is 4.79 Å². The van der Waals surface area contributed by atoms with E-state index >= 15 is 0 Å². The van der Waals surface area contributed by atoms with Crippen molar-refractivity contribution in [1.82, 2.24) is 5.32 Å². The molecule has 1 heterocycles. The van der Waals surface area contributed by atoms with Crippen molar-refractivity contribution in [2.45, 2.75) is 6.92 Å². The largest absolute Gasteiger partial charge is 0.378 e. The van der Waals surface area contributed by atoms with Gasteiger partial charge in [0.15, 0.2) is 0 Å². The molecule has 1 N–H and O–H groups in total. The lowest BCUT2D eigenvalue weighted by Crippen LogP contribution is -2.26. The molecule has 0 atom stereocenters. The number of halogens is 1. The van der Waals surface area contributed by atoms with Crippen LogP contribution in [0.3, 0.4) is 0 Å². The number of nitrogens with one attached hydrogen (secondary N) is 1. The van der Waals surface area contributed by atoms with E-state index in [2.05, 4.69) is 5.32 Å². The Labute approximate surface area is 98.4 Å². The van der Waals surface area contributed by atoms with Crippen molar-refractivity contribution in [3.8, 4) is 0 Å². The van der Waals surface area contributed by atoms with Gasteiger partial charge in [-0.2, -0.15) is 0 Å². The molecule has 0 fully saturated rings. The van der Waals surface area contributed by atoms with E-state index in [1.54, 1.807) is 0 Å². The molecule has 84 valence electrons. The molecule has 3 nitrogen and oxygen atoms in total. The van der Waals surface area contributed by atoms with Gasteiger partial charge < -0.3 is 10.1 Å². The van der Waals surface area contributed by atoms with Crippen molar-refractivity contribution in [3.05, 3.63) is 21.9 Å². The molecule has 1 aromatic heterocycles. The third-order valence-corrected chi connectivity index (χ3v) is 2.87. The third kappa shape index (κ3) is 4.64. The zero-order chi connectivity index (χ0) is 11.1. The third-order valence-electron chi connectivity index (χ3n) is 1.72. The van der Waals surface area contributed by atoms with Gasteiger partial charge in [-0.1, -0.05) is 0 Å². The minimum atomic E-state index is -0.0393. The second kappa shape index (κ2) is 6.82. The molecular formula is C10H14ClNO2S. The van der Waals surface area contributed by atoms with Crippen LogP contribution < -0.4 is 5.32 Å². The van der Waals surface area contributed by atoms with E-state index in [4.69, 9.17) is 16.3 Å². The van der Waals surface area contributed by atoms with Crippen molar-refractivity contribution in [2.24, 2.45) is 0 Å². The Bertz CT molecular complexity index is 314. The predicted molar refractivity (Wildman–Crippen MR) is 62.9 cm³/mol. The van der Waals surface area contributed by atoms with Gasteiger partial charge in [0.25, 0.3) is 5.91 Å². The number of rotatable bonds is 6. The summed E-state index contributed by atoms with van der Waals surface area (Å²) in [5.74, 6) is 0.445. The molecule has 0 radical (unpaired) electrons. The van der Waals surface area contributed by atoms with Gasteiger partial charge >= 0.3 is 0 Å². The van der Waals surface area contributed by atoms with Crippen molar-refractivity contribution in [1.29, 1.82) is 0 Å². The number of thiophene rings is 1. The lowest BCUT2D eigenvalue weighted by atomic mass is 10.4. The van der Waals surface area contributed by atoms with Crippen LogP contribution >= 0.6 is 22.9 Å². The highest BCUT2D eigenvalue weighted by atomic mass is 35.5. The first-order chi connectivity index (χ1) is 7.24. The van der Waals surface area contributed by atoms with E-state index in [1.807, 2.05) is 19.1 Å². The summed E-state index contributed by atoms with van der Waals surface area (Å²) >= 11 is 6.92. The first-order valence-corrected chi connectivity index (χ1v) is 6.07. The van der Waals surface area contributed by atoms with E-state index in [1.165, 1.54) is 11.3 Å². The van der Waals surface area contributed by atoms with Crippen LogP contribution in [0, 0.1) is 6.92 Å². The van der Waals surface area contributed by atoms with Crippen LogP contribution in [0.5, 0.6) is 0 Å². The average Bonchev–Trinajstić information content (AvgIpc) is 2.64. The van der Waals surface area contributed by atoms with Gasteiger partial charge in [0.2, 0.25) is 0 Å². The van der Waals surface area contributed by atoms with Crippen LogP contribution in [0.25, 0.3) is 0 Å². The zero-order valence-electron chi connectivity index (χ0n) is 8.59. The molecule has 5 heteroatoms. The highest BCUT2D eigenvalue weighted by Crippen LogP contribution is 2.14. The average molecular weight is 248 g/mol. The molecule has 0 aliphatic heterocycles. The van der Waals surface area contributed by atoms with Crippen LogP contribution in [-0.2, 0) is 4.74 Å². The summed E-state index contributed by atoms with van der Waals surface area (Å²) < 4.78 is 5.13. The highest BCUT2D eigenvalue weighted by Gasteiger charge is 2.06. The van der Waals surface area contributed by atoms with Crippen molar-refractivity contribution >= 4 is 28.8 Å². The Morgan fingerprint density at radius 2 is 2.33 bits per heavy atom. The summed E-state index contributed by atoms with van der Waals surface area (Å²) in [5, 5.41) is 2.77. The van der Waals surface area contributed by atoms with Crippen molar-refractivity contribution < 1.29 is 9.53 Å². The monoisotopic (exact) mass is 247 g/mol. The molecule has 0 spiro atoms. The second-order valence-electron chi connectivity index (χ2n) is 2.97. The quantitative estimate of drug-likeness (QED) is 0.617. The maximum absolute atomic E-state index is 11.5. The van der Waals surface area contributed by atoms with Gasteiger partial charge in [0.05, 0.1) is 18.1 Å². The first-order valence-electron chi connectivity index (χ1n) is 4.72. The van der Waals surface area contributed by atoms with E-state index in [0.717, 1.165) is 9.75 Å². The summed E-state index contributed by atoms with van der Waals surface area (Å²) in [7, 11) is 0. The summed E-state index contributed by atoms with van der Waals surface area (Å²) in [4.78, 5) is 13.4. The highest BCUT2D eigenvalue weighted by molar-refractivity contribution is 7.13. The van der Waals surface area contributed by atoms with Gasteiger partial charge in [-0.3, -0.25) is 4.79 Å². The summed E-state index contributed by atoms with van der Waals surface area (Å²) in [6.07, 6.45) is 0. The predicted octanol–water partition coefficient (Wildman–Crippen LogP) is 2.04. The molecule has 1 amide bonds. The molecular weight excluding hydrogens is 234 g/mol. The fraction of sp³-hybridized carbons (Fsp3) is 0.500. The number of aryl methyl sites for hydroxylation is 1. The minimum Gasteiger partial charge on any atom is -0.378 e. The van der Waals surface area contributed by atoms with Gasteiger partial charge in [-0.05, 0) is 19.1 Å². The molecule has 1 rings (SSSR count). The molecule has 0 saturated heterocycles. The van der Waals surface area contributed by atoms with Crippen LogP contribution in [0.1, 0.15) is 14.5 Å². The van der Waals surface area contributed by atoms with Gasteiger partial charge in [0, 0.05) is 17.3 Å². The van der Waals surface area contributed by atoms with Crippen molar-refractivity contribution in [3.63, 3.8) is 0 Å². The number of ether oxygens (including phenoxy) is 1. The smallest absolute Gasteiger partial charge is 0.261 e. The molecule has 0 aromatic carbocycles. The van der Waals surface area contributed by atoms with Crippen LogP contribution in [0.15, 0.2) is 12.1 Å². The molecule has 15 heavy (non-hydrogen) atoms. The standard InChI is InChI=1S/C10H14ClNO2S/c1-8-2-3-9(15-8)10(13)12-5-7-14-6-4-11/h2-3H,4-7H2,1H3,(H,12,13). The summed E-state index contributed by atoms with van der Waals surface area (Å²) in [6, 6.07) is 3.76. The van der Waals surface area contributed by atoms with Gasteiger partial charge in [-0.15, -0.1) is 22.9 Å². The SMILES string of the molecule is Cc1ccc(C(=O)NCCOCCCl)s1. The number of amides is 1. The minimum absolute atomic E-state index is 0.0393. The summed E-state index contributed by atoms with van der Waals surface area (Å²) in [6.45, 7) is 3.52. The van der Waals surface area contributed by atoms with E-state index in [-0.39, 0.29) is 5.91 Å². The maximum atomic E-state index is 11.5. The Balaban J connectivity index is 2.19. The Hall–Kier alpha value is -0.580. The normalized spacial score (nSPS) is 10.3. The van der Waals surface area contributed by atoms with Crippen molar-refractivity contribution in [2.75, 3.05) is 25.6 Å². The molecule has 0 aliphatic carbocycles. The number of carbonyl (C=O) groups excluding carboxylic acids is 1. The number of hydrogen-bond donors (Lipinski definition) is 1. The zero-order valence-corrected chi connectivity index (χ0v) is 10.2. The van der Waals surface area contributed by atoms with Crippen LogP contribution in [0.2, 0.25) is 0 Å². The molecule has 0 bridgehead atoms. The van der Waals surface area contributed by atoms with Gasteiger partial charge in [-0.25, -0.2) is 0 Å². The lowest BCUT2D eigenvalue weighted by molar-refractivity contribution is 0.0927. The number of hydrogen-bond acceptors (Lipinski definition) is 3.